The van der Waals surface area contributed by atoms with E-state index in [1.807, 2.05) is 18.2 Å². The van der Waals surface area contributed by atoms with Gasteiger partial charge in [0.25, 0.3) is 0 Å². The Morgan fingerprint density at radius 1 is 1.50 bits per heavy atom. The second kappa shape index (κ2) is 4.36. The molecule has 2 N–H and O–H groups in total. The molecule has 0 saturated carbocycles. The van der Waals surface area contributed by atoms with Gasteiger partial charge in [0, 0.05) is 0 Å². The second-order valence-corrected chi connectivity index (χ2v) is 3.36. The highest BCUT2D eigenvalue weighted by Crippen LogP contribution is 2.30. The Labute approximate surface area is 80.8 Å². The van der Waals surface area contributed by atoms with Crippen molar-refractivity contribution in [2.45, 2.75) is 13.3 Å². The molecule has 0 fully saturated rings. The highest BCUT2D eigenvalue weighted by Gasteiger charge is 2.03. The first-order valence-corrected chi connectivity index (χ1v) is 4.71. The van der Waals surface area contributed by atoms with Crippen LogP contribution in [0.4, 0.5) is 5.69 Å². The van der Waals surface area contributed by atoms with Crippen LogP contribution in [0.3, 0.4) is 0 Å². The van der Waals surface area contributed by atoms with Gasteiger partial charge in [0.1, 0.15) is 0 Å². The maximum Gasteiger partial charge on any atom is 0.156 e. The van der Waals surface area contributed by atoms with E-state index in [9.17, 15) is 0 Å². The summed E-state index contributed by atoms with van der Waals surface area (Å²) in [7, 11) is 0. The molecule has 0 atom stereocenters. The first kappa shape index (κ1) is 9.39. The average molecular weight is 230 g/mol. The molecule has 0 spiro atoms. The zero-order valence-corrected chi connectivity index (χ0v) is 8.60. The molecule has 1 rings (SSSR count). The molecular formula is C9H12BrNO. The maximum absolute atomic E-state index is 5.71. The van der Waals surface area contributed by atoms with E-state index in [4.69, 9.17) is 10.5 Å². The fourth-order valence-corrected chi connectivity index (χ4v) is 1.38. The van der Waals surface area contributed by atoms with Crippen LogP contribution in [0.2, 0.25) is 0 Å². The molecule has 0 aliphatic carbocycles. The van der Waals surface area contributed by atoms with Crippen molar-refractivity contribution in [1.82, 2.24) is 0 Å². The number of para-hydroxylation sites is 1. The van der Waals surface area contributed by atoms with Crippen LogP contribution in [0.1, 0.15) is 13.3 Å². The summed E-state index contributed by atoms with van der Waals surface area (Å²) >= 11 is 3.37. The van der Waals surface area contributed by atoms with Gasteiger partial charge in [0.15, 0.2) is 5.75 Å². The Morgan fingerprint density at radius 2 is 2.25 bits per heavy atom. The third-order valence-electron chi connectivity index (χ3n) is 1.45. The smallest absolute Gasteiger partial charge is 0.156 e. The van der Waals surface area contributed by atoms with E-state index in [2.05, 4.69) is 22.9 Å². The molecule has 12 heavy (non-hydrogen) atoms. The number of halogens is 1. The molecule has 0 saturated heterocycles. The number of ether oxygens (including phenoxy) is 1. The molecule has 0 amide bonds. The third kappa shape index (κ3) is 2.14. The highest BCUT2D eigenvalue weighted by molar-refractivity contribution is 9.10. The molecule has 0 heterocycles. The van der Waals surface area contributed by atoms with Crippen molar-refractivity contribution in [2.75, 3.05) is 12.3 Å². The molecule has 0 aliphatic rings. The van der Waals surface area contributed by atoms with E-state index in [0.717, 1.165) is 16.6 Å². The van der Waals surface area contributed by atoms with Crippen LogP contribution in [0, 0.1) is 0 Å². The monoisotopic (exact) mass is 229 g/mol. The normalized spacial score (nSPS) is 9.83. The maximum atomic E-state index is 5.71. The minimum absolute atomic E-state index is 0.679. The summed E-state index contributed by atoms with van der Waals surface area (Å²) in [4.78, 5) is 0. The number of hydrogen-bond donors (Lipinski definition) is 1. The first-order valence-electron chi connectivity index (χ1n) is 3.92. The van der Waals surface area contributed by atoms with Gasteiger partial charge in [-0.3, -0.25) is 0 Å². The molecule has 1 aromatic carbocycles. The van der Waals surface area contributed by atoms with Crippen LogP contribution in [0.25, 0.3) is 0 Å². The Hall–Kier alpha value is -0.700. The van der Waals surface area contributed by atoms with Crippen molar-refractivity contribution in [3.8, 4) is 5.75 Å². The van der Waals surface area contributed by atoms with Crippen molar-refractivity contribution in [3.63, 3.8) is 0 Å². The summed E-state index contributed by atoms with van der Waals surface area (Å²) < 4.78 is 6.36. The number of rotatable bonds is 3. The largest absolute Gasteiger partial charge is 0.490 e. The van der Waals surface area contributed by atoms with E-state index >= 15 is 0 Å². The summed E-state index contributed by atoms with van der Waals surface area (Å²) in [5.74, 6) is 0.749. The lowest BCUT2D eigenvalue weighted by Crippen LogP contribution is -1.99. The van der Waals surface area contributed by atoms with Crippen molar-refractivity contribution >= 4 is 21.6 Å². The van der Waals surface area contributed by atoms with E-state index in [0.29, 0.717) is 12.3 Å². The number of nitrogens with two attached hydrogens (primary N) is 1. The molecule has 66 valence electrons. The van der Waals surface area contributed by atoms with Gasteiger partial charge in [0.2, 0.25) is 0 Å². The number of nitrogen functional groups attached to an aromatic ring is 1. The lowest BCUT2D eigenvalue weighted by atomic mass is 10.3. The predicted octanol–water partition coefficient (Wildman–Crippen LogP) is 2.82. The molecule has 0 bridgehead atoms. The van der Waals surface area contributed by atoms with Crippen LogP contribution in [-0.2, 0) is 0 Å². The van der Waals surface area contributed by atoms with Gasteiger partial charge >= 0.3 is 0 Å². The van der Waals surface area contributed by atoms with E-state index in [-0.39, 0.29) is 0 Å². The number of benzene rings is 1. The van der Waals surface area contributed by atoms with Gasteiger partial charge in [0.05, 0.1) is 16.8 Å². The van der Waals surface area contributed by atoms with Crippen LogP contribution in [0.5, 0.6) is 5.75 Å². The van der Waals surface area contributed by atoms with Crippen molar-refractivity contribution in [2.24, 2.45) is 0 Å². The Balaban J connectivity index is 2.81. The average Bonchev–Trinajstić information content (AvgIpc) is 2.04. The van der Waals surface area contributed by atoms with Gasteiger partial charge < -0.3 is 10.5 Å². The van der Waals surface area contributed by atoms with Crippen molar-refractivity contribution < 1.29 is 4.74 Å². The SMILES string of the molecule is CCCOc1c(N)cccc1Br. The van der Waals surface area contributed by atoms with Crippen LogP contribution < -0.4 is 10.5 Å². The molecule has 2 nitrogen and oxygen atoms in total. The predicted molar refractivity (Wildman–Crippen MR) is 54.3 cm³/mol. The van der Waals surface area contributed by atoms with Crippen LogP contribution in [0.15, 0.2) is 22.7 Å². The molecule has 0 aromatic heterocycles. The molecule has 0 aliphatic heterocycles. The summed E-state index contributed by atoms with van der Waals surface area (Å²) in [6.45, 7) is 2.76. The molecule has 0 unspecified atom stereocenters. The van der Waals surface area contributed by atoms with Crippen LogP contribution in [-0.4, -0.2) is 6.61 Å². The molecule has 1 aromatic rings. The quantitative estimate of drug-likeness (QED) is 0.810. The van der Waals surface area contributed by atoms with Gasteiger partial charge in [-0.1, -0.05) is 13.0 Å². The lowest BCUT2D eigenvalue weighted by Gasteiger charge is -2.08. The fourth-order valence-electron chi connectivity index (χ4n) is 0.882. The molecule has 0 radical (unpaired) electrons. The topological polar surface area (TPSA) is 35.2 Å². The minimum Gasteiger partial charge on any atom is -0.490 e. The minimum atomic E-state index is 0.679. The Kier molecular flexibility index (Phi) is 3.41. The molecular weight excluding hydrogens is 218 g/mol. The number of hydrogen-bond acceptors (Lipinski definition) is 2. The summed E-state index contributed by atoms with van der Waals surface area (Å²) in [5, 5.41) is 0. The standard InChI is InChI=1S/C9H12BrNO/c1-2-6-12-9-7(10)4-3-5-8(9)11/h3-5H,2,6,11H2,1H3. The second-order valence-electron chi connectivity index (χ2n) is 2.51. The highest BCUT2D eigenvalue weighted by atomic mass is 79.9. The van der Waals surface area contributed by atoms with Gasteiger partial charge in [-0.15, -0.1) is 0 Å². The van der Waals surface area contributed by atoms with E-state index < -0.39 is 0 Å². The summed E-state index contributed by atoms with van der Waals surface area (Å²) in [6, 6.07) is 5.63. The van der Waals surface area contributed by atoms with Crippen molar-refractivity contribution in [1.29, 1.82) is 0 Å². The zero-order chi connectivity index (χ0) is 8.97. The Bertz CT molecular complexity index is 242. The Morgan fingerprint density at radius 3 is 2.83 bits per heavy atom. The zero-order valence-electron chi connectivity index (χ0n) is 7.01. The number of anilines is 1. The van der Waals surface area contributed by atoms with Gasteiger partial charge in [-0.05, 0) is 34.5 Å². The third-order valence-corrected chi connectivity index (χ3v) is 2.07. The van der Waals surface area contributed by atoms with Gasteiger partial charge in [-0.25, -0.2) is 0 Å². The lowest BCUT2D eigenvalue weighted by molar-refractivity contribution is 0.317. The van der Waals surface area contributed by atoms with E-state index in [1.165, 1.54) is 0 Å². The summed E-state index contributed by atoms with van der Waals surface area (Å²) in [6.07, 6.45) is 0.987. The van der Waals surface area contributed by atoms with Crippen molar-refractivity contribution in [3.05, 3.63) is 22.7 Å². The molecule has 3 heteroatoms. The van der Waals surface area contributed by atoms with E-state index in [1.54, 1.807) is 0 Å². The summed E-state index contributed by atoms with van der Waals surface area (Å²) in [5.41, 5.74) is 6.39. The first-order chi connectivity index (χ1) is 5.75. The van der Waals surface area contributed by atoms with Gasteiger partial charge in [-0.2, -0.15) is 0 Å². The fraction of sp³-hybridized carbons (Fsp3) is 0.333. The van der Waals surface area contributed by atoms with Crippen LogP contribution >= 0.6 is 15.9 Å².